The van der Waals surface area contributed by atoms with Gasteiger partial charge in [-0.1, -0.05) is 0 Å². The second-order valence-corrected chi connectivity index (χ2v) is 9.52. The molecule has 184 valence electrons. The molecule has 1 aliphatic heterocycles. The minimum atomic E-state index is -0.562. The van der Waals surface area contributed by atoms with Gasteiger partial charge in [0.05, 0.1) is 24.5 Å². The van der Waals surface area contributed by atoms with E-state index in [9.17, 15) is 9.59 Å². The Hall–Kier alpha value is -4.01. The molecule has 1 aromatic heterocycles. The number of carbonyl (C=O) groups excluding carboxylic acids is 2. The van der Waals surface area contributed by atoms with E-state index in [1.165, 1.54) is 0 Å². The third-order valence-electron chi connectivity index (χ3n) is 5.68. The van der Waals surface area contributed by atoms with Crippen molar-refractivity contribution in [2.75, 3.05) is 25.9 Å². The maximum Gasteiger partial charge on any atom is 0.407 e. The van der Waals surface area contributed by atoms with E-state index in [0.29, 0.717) is 30.9 Å². The van der Waals surface area contributed by atoms with Gasteiger partial charge in [-0.2, -0.15) is 5.10 Å². The van der Waals surface area contributed by atoms with Gasteiger partial charge < -0.3 is 25.4 Å². The van der Waals surface area contributed by atoms with Gasteiger partial charge in [0.25, 0.3) is 5.91 Å². The molecule has 2 aromatic carbocycles. The average molecular weight is 478 g/mol. The smallest absolute Gasteiger partial charge is 0.407 e. The van der Waals surface area contributed by atoms with E-state index < -0.39 is 11.7 Å². The van der Waals surface area contributed by atoms with Crippen LogP contribution >= 0.6 is 0 Å². The highest BCUT2D eigenvalue weighted by Gasteiger charge is 2.29. The third kappa shape index (κ3) is 5.74. The van der Waals surface area contributed by atoms with Crippen molar-refractivity contribution in [2.24, 2.45) is 0 Å². The van der Waals surface area contributed by atoms with E-state index in [-0.39, 0.29) is 11.9 Å². The van der Waals surface area contributed by atoms with Crippen molar-refractivity contribution in [3.05, 3.63) is 60.2 Å². The van der Waals surface area contributed by atoms with Gasteiger partial charge in [-0.15, -0.1) is 0 Å². The first-order valence-electron chi connectivity index (χ1n) is 11.5. The van der Waals surface area contributed by atoms with Crippen LogP contribution in [-0.4, -0.2) is 58.5 Å². The lowest BCUT2D eigenvalue weighted by Gasteiger charge is -2.22. The fourth-order valence-electron chi connectivity index (χ4n) is 3.97. The van der Waals surface area contributed by atoms with Crippen molar-refractivity contribution in [1.82, 2.24) is 20.0 Å². The molecular formula is C26H31N5O4. The lowest BCUT2D eigenvalue weighted by atomic mass is 10.1. The fraction of sp³-hybridized carbons (Fsp3) is 0.346. The molecule has 4 rings (SSSR count). The van der Waals surface area contributed by atoms with Crippen LogP contribution in [0.2, 0.25) is 0 Å². The van der Waals surface area contributed by atoms with Gasteiger partial charge in [-0.05, 0) is 75.7 Å². The molecule has 35 heavy (non-hydrogen) atoms. The first-order chi connectivity index (χ1) is 16.6. The monoisotopic (exact) mass is 477 g/mol. The quantitative estimate of drug-likeness (QED) is 0.577. The summed E-state index contributed by atoms with van der Waals surface area (Å²) in [5.41, 5.74) is 8.63. The number of rotatable bonds is 5. The van der Waals surface area contributed by atoms with Crippen LogP contribution < -0.4 is 15.8 Å². The van der Waals surface area contributed by atoms with Gasteiger partial charge in [0.15, 0.2) is 0 Å². The highest BCUT2D eigenvalue weighted by Crippen LogP contribution is 2.25. The first-order valence-corrected chi connectivity index (χ1v) is 11.5. The average Bonchev–Trinajstić information content (AvgIpc) is 3.44. The largest absolute Gasteiger partial charge is 0.497 e. The predicted molar refractivity (Wildman–Crippen MR) is 134 cm³/mol. The Kier molecular flexibility index (Phi) is 6.68. The molecular weight excluding hydrogens is 446 g/mol. The van der Waals surface area contributed by atoms with E-state index in [0.717, 1.165) is 22.7 Å². The number of nitrogens with one attached hydrogen (secondary N) is 1. The Morgan fingerprint density at radius 1 is 1.09 bits per heavy atom. The Morgan fingerprint density at radius 3 is 2.40 bits per heavy atom. The number of nitrogens with two attached hydrogens (primary N) is 1. The van der Waals surface area contributed by atoms with Gasteiger partial charge >= 0.3 is 6.09 Å². The fourth-order valence-corrected chi connectivity index (χ4v) is 3.97. The van der Waals surface area contributed by atoms with Gasteiger partial charge in [-0.25, -0.2) is 9.48 Å². The summed E-state index contributed by atoms with van der Waals surface area (Å²) in [7, 11) is 1.62. The van der Waals surface area contributed by atoms with Crippen LogP contribution in [0.4, 0.5) is 10.6 Å². The molecule has 1 fully saturated rings. The van der Waals surface area contributed by atoms with Gasteiger partial charge in [0, 0.05) is 30.3 Å². The van der Waals surface area contributed by atoms with Gasteiger partial charge in [0.2, 0.25) is 0 Å². The summed E-state index contributed by atoms with van der Waals surface area (Å²) in [5.74, 6) is 1.18. The summed E-state index contributed by atoms with van der Waals surface area (Å²) in [5, 5.41) is 7.47. The number of nitrogens with zero attached hydrogens (tertiary/aromatic N) is 3. The molecule has 2 heterocycles. The Labute approximate surface area is 204 Å². The normalized spacial score (nSPS) is 15.7. The number of alkyl carbamates (subject to hydrolysis) is 1. The summed E-state index contributed by atoms with van der Waals surface area (Å²) in [6.07, 6.45) is 0.216. The number of amides is 2. The Morgan fingerprint density at radius 2 is 1.77 bits per heavy atom. The van der Waals surface area contributed by atoms with E-state index in [1.54, 1.807) is 28.8 Å². The molecule has 9 heteroatoms. The summed E-state index contributed by atoms with van der Waals surface area (Å²) >= 11 is 0. The van der Waals surface area contributed by atoms with Crippen molar-refractivity contribution in [1.29, 1.82) is 0 Å². The van der Waals surface area contributed by atoms with E-state index in [4.69, 9.17) is 15.2 Å². The zero-order chi connectivity index (χ0) is 25.2. The van der Waals surface area contributed by atoms with E-state index >= 15 is 0 Å². The number of ether oxygens (including phenoxy) is 2. The number of aromatic nitrogens is 2. The lowest BCUT2D eigenvalue weighted by Crippen LogP contribution is -2.41. The van der Waals surface area contributed by atoms with Crippen LogP contribution in [0.3, 0.4) is 0 Å². The molecule has 3 N–H and O–H groups in total. The molecule has 1 atom stereocenters. The van der Waals surface area contributed by atoms with Gasteiger partial charge in [-0.3, -0.25) is 4.79 Å². The van der Waals surface area contributed by atoms with Crippen molar-refractivity contribution in [3.8, 4) is 22.7 Å². The maximum atomic E-state index is 13.0. The van der Waals surface area contributed by atoms with E-state index in [2.05, 4.69) is 10.4 Å². The van der Waals surface area contributed by atoms with E-state index in [1.807, 2.05) is 63.2 Å². The standard InChI is InChI=1S/C26H31N5O4/c1-26(2,3)35-25(33)28-19-13-14-30(16-19)24(32)18-5-9-20(10-6-18)31-23(27)15-22(29-31)17-7-11-21(34-4)12-8-17/h5-12,15,19H,13-14,16,27H2,1-4H3,(H,28,33). The molecule has 0 bridgehead atoms. The number of carbonyl (C=O) groups is 2. The highest BCUT2D eigenvalue weighted by molar-refractivity contribution is 5.94. The first kappa shape index (κ1) is 24.1. The Balaban J connectivity index is 1.40. The number of nitrogen functional groups attached to an aromatic ring is 1. The lowest BCUT2D eigenvalue weighted by molar-refractivity contribution is 0.0502. The summed E-state index contributed by atoms with van der Waals surface area (Å²) < 4.78 is 12.2. The number of hydrogen-bond donors (Lipinski definition) is 2. The summed E-state index contributed by atoms with van der Waals surface area (Å²) in [4.78, 5) is 26.7. The van der Waals surface area contributed by atoms with Crippen LogP contribution in [-0.2, 0) is 4.74 Å². The zero-order valence-corrected chi connectivity index (χ0v) is 20.4. The topological polar surface area (TPSA) is 112 Å². The van der Waals surface area contributed by atoms with Crippen LogP contribution in [0.15, 0.2) is 54.6 Å². The molecule has 2 amide bonds. The van der Waals surface area contributed by atoms with Crippen molar-refractivity contribution in [2.45, 2.75) is 38.8 Å². The van der Waals surface area contributed by atoms with Crippen LogP contribution in [0.25, 0.3) is 16.9 Å². The number of anilines is 1. The number of benzene rings is 2. The SMILES string of the molecule is COc1ccc(-c2cc(N)n(-c3ccc(C(=O)N4CCC(NC(=O)OC(C)(C)C)C4)cc3)n2)cc1. The minimum Gasteiger partial charge on any atom is -0.497 e. The zero-order valence-electron chi connectivity index (χ0n) is 20.4. The predicted octanol–water partition coefficient (Wildman–Crippen LogP) is 3.87. The molecule has 0 spiro atoms. The molecule has 1 saturated heterocycles. The summed E-state index contributed by atoms with van der Waals surface area (Å²) in [6.45, 7) is 6.46. The number of likely N-dealkylation sites (tertiary alicyclic amines) is 1. The molecule has 9 nitrogen and oxygen atoms in total. The molecule has 0 saturated carbocycles. The molecule has 1 unspecified atom stereocenters. The minimum absolute atomic E-state index is 0.0857. The summed E-state index contributed by atoms with van der Waals surface area (Å²) in [6, 6.07) is 16.4. The maximum absolute atomic E-state index is 13.0. The highest BCUT2D eigenvalue weighted by atomic mass is 16.6. The second kappa shape index (κ2) is 9.69. The van der Waals surface area contributed by atoms with Crippen molar-refractivity contribution >= 4 is 17.8 Å². The third-order valence-corrected chi connectivity index (χ3v) is 5.68. The molecule has 0 aliphatic carbocycles. The number of hydrogen-bond acceptors (Lipinski definition) is 6. The van der Waals surface area contributed by atoms with Crippen LogP contribution in [0.1, 0.15) is 37.6 Å². The van der Waals surface area contributed by atoms with Crippen molar-refractivity contribution < 1.29 is 19.1 Å². The number of methoxy groups -OCH3 is 1. The molecule has 3 aromatic rings. The Bertz CT molecular complexity index is 1200. The molecule has 1 aliphatic rings. The van der Waals surface area contributed by atoms with Crippen molar-refractivity contribution in [3.63, 3.8) is 0 Å². The van der Waals surface area contributed by atoms with Gasteiger partial charge in [0.1, 0.15) is 17.2 Å². The van der Waals surface area contributed by atoms with Crippen LogP contribution in [0.5, 0.6) is 5.75 Å². The van der Waals surface area contributed by atoms with Crippen LogP contribution in [0, 0.1) is 0 Å². The molecule has 0 radical (unpaired) electrons. The second-order valence-electron chi connectivity index (χ2n) is 9.52.